The summed E-state index contributed by atoms with van der Waals surface area (Å²) in [5.74, 6) is -0.207. The van der Waals surface area contributed by atoms with Crippen LogP contribution in [0.2, 0.25) is 0 Å². The van der Waals surface area contributed by atoms with Gasteiger partial charge in [-0.2, -0.15) is 0 Å². The molecule has 0 saturated heterocycles. The average Bonchev–Trinajstić information content (AvgIpc) is 2.55. The third-order valence-corrected chi connectivity index (χ3v) is 5.42. The maximum absolute atomic E-state index is 12.6. The Balaban J connectivity index is 2.38. The number of hydrogen-bond acceptors (Lipinski definition) is 4. The molecule has 6 nitrogen and oxygen atoms in total. The quantitative estimate of drug-likeness (QED) is 0.810. The minimum Gasteiger partial charge on any atom is -0.495 e. The first kappa shape index (κ1) is 19.9. The zero-order valence-electron chi connectivity index (χ0n) is 15.6. The number of anilines is 1. The fourth-order valence-corrected chi connectivity index (χ4v) is 4.00. The van der Waals surface area contributed by atoms with E-state index in [9.17, 15) is 13.2 Å². The summed E-state index contributed by atoms with van der Waals surface area (Å²) in [5.41, 5.74) is 2.94. The van der Waals surface area contributed by atoms with Crippen molar-refractivity contribution in [2.45, 2.75) is 38.6 Å². The topological polar surface area (TPSA) is 84.5 Å². The van der Waals surface area contributed by atoms with E-state index in [0.717, 1.165) is 11.1 Å². The molecule has 0 fully saturated rings. The molecule has 26 heavy (non-hydrogen) atoms. The third-order valence-electron chi connectivity index (χ3n) is 3.74. The molecule has 0 saturated carbocycles. The number of hydrogen-bond donors (Lipinski definition) is 2. The first-order chi connectivity index (χ1) is 12.1. The van der Waals surface area contributed by atoms with Gasteiger partial charge >= 0.3 is 0 Å². The number of aryl methyl sites for hydroxylation is 2. The molecule has 0 radical (unpaired) electrons. The van der Waals surface area contributed by atoms with Gasteiger partial charge in [0.1, 0.15) is 10.6 Å². The van der Waals surface area contributed by atoms with Crippen LogP contribution in [0.5, 0.6) is 5.75 Å². The van der Waals surface area contributed by atoms with Crippen molar-refractivity contribution < 1.29 is 17.9 Å². The maximum Gasteiger partial charge on any atom is 0.255 e. The van der Waals surface area contributed by atoms with Gasteiger partial charge in [-0.1, -0.05) is 17.7 Å². The number of rotatable bonds is 6. The second kappa shape index (κ2) is 7.88. The number of carbonyl (C=O) groups excluding carboxylic acids is 1. The largest absolute Gasteiger partial charge is 0.495 e. The van der Waals surface area contributed by atoms with E-state index in [0.29, 0.717) is 5.69 Å². The Bertz CT molecular complexity index is 921. The highest BCUT2D eigenvalue weighted by Crippen LogP contribution is 2.26. The van der Waals surface area contributed by atoms with Crippen LogP contribution in [0.1, 0.15) is 35.3 Å². The molecule has 1 amide bonds. The number of ether oxygens (including phenoxy) is 1. The standard InChI is InChI=1S/C19H24N2O4S/c1-12(2)21-26(23,24)18-11-15(7-9-17(18)25-5)19(22)20-16-8-6-13(3)10-14(16)4/h6-12,21H,1-5H3,(H,20,22). The Kier molecular flexibility index (Phi) is 6.05. The van der Waals surface area contributed by atoms with Gasteiger partial charge in [-0.3, -0.25) is 4.79 Å². The zero-order valence-corrected chi connectivity index (χ0v) is 16.4. The molecular weight excluding hydrogens is 352 g/mol. The first-order valence-corrected chi connectivity index (χ1v) is 9.71. The van der Waals surface area contributed by atoms with Crippen molar-refractivity contribution in [1.29, 1.82) is 0 Å². The lowest BCUT2D eigenvalue weighted by Gasteiger charge is -2.14. The molecule has 0 spiro atoms. The number of methoxy groups -OCH3 is 1. The van der Waals surface area contributed by atoms with Gasteiger partial charge in [0.2, 0.25) is 10.0 Å². The van der Waals surface area contributed by atoms with Crippen LogP contribution in [0.3, 0.4) is 0 Å². The van der Waals surface area contributed by atoms with Crippen molar-refractivity contribution in [3.63, 3.8) is 0 Å². The summed E-state index contributed by atoms with van der Waals surface area (Å²) in [6, 6.07) is 9.74. The van der Waals surface area contributed by atoms with Crippen LogP contribution in [-0.2, 0) is 10.0 Å². The van der Waals surface area contributed by atoms with Crippen LogP contribution in [0.25, 0.3) is 0 Å². The fraction of sp³-hybridized carbons (Fsp3) is 0.316. The smallest absolute Gasteiger partial charge is 0.255 e. The third kappa shape index (κ3) is 4.62. The Labute approximate surface area is 154 Å². The number of benzene rings is 2. The Morgan fingerprint density at radius 1 is 1.08 bits per heavy atom. The van der Waals surface area contributed by atoms with Gasteiger partial charge in [-0.25, -0.2) is 13.1 Å². The predicted octanol–water partition coefficient (Wildman–Crippen LogP) is 3.25. The Hall–Kier alpha value is -2.38. The van der Waals surface area contributed by atoms with Gasteiger partial charge in [-0.05, 0) is 57.5 Å². The molecule has 0 atom stereocenters. The summed E-state index contributed by atoms with van der Waals surface area (Å²) >= 11 is 0. The number of nitrogens with one attached hydrogen (secondary N) is 2. The van der Waals surface area contributed by atoms with Crippen LogP contribution in [-0.4, -0.2) is 27.5 Å². The SMILES string of the molecule is COc1ccc(C(=O)Nc2ccc(C)cc2C)cc1S(=O)(=O)NC(C)C. The van der Waals surface area contributed by atoms with Crippen molar-refractivity contribution in [2.24, 2.45) is 0 Å². The van der Waals surface area contributed by atoms with Gasteiger partial charge in [0, 0.05) is 17.3 Å². The van der Waals surface area contributed by atoms with E-state index in [2.05, 4.69) is 10.0 Å². The second-order valence-corrected chi connectivity index (χ2v) is 8.10. The van der Waals surface area contributed by atoms with Gasteiger partial charge in [0.05, 0.1) is 7.11 Å². The molecule has 140 valence electrons. The summed E-state index contributed by atoms with van der Waals surface area (Å²) in [4.78, 5) is 12.5. The van der Waals surface area contributed by atoms with Crippen molar-refractivity contribution >= 4 is 21.6 Å². The van der Waals surface area contributed by atoms with E-state index in [4.69, 9.17) is 4.74 Å². The van der Waals surface area contributed by atoms with Crippen LogP contribution < -0.4 is 14.8 Å². The predicted molar refractivity (Wildman–Crippen MR) is 102 cm³/mol. The van der Waals surface area contributed by atoms with Crippen molar-refractivity contribution in [1.82, 2.24) is 4.72 Å². The molecule has 0 aromatic heterocycles. The van der Waals surface area contributed by atoms with E-state index >= 15 is 0 Å². The molecule has 2 rings (SSSR count). The van der Waals surface area contributed by atoms with E-state index in [-0.39, 0.29) is 28.2 Å². The van der Waals surface area contributed by atoms with Gasteiger partial charge in [-0.15, -0.1) is 0 Å². The molecular formula is C19H24N2O4S. The minimum atomic E-state index is -3.80. The first-order valence-electron chi connectivity index (χ1n) is 8.23. The lowest BCUT2D eigenvalue weighted by molar-refractivity contribution is 0.102. The molecule has 0 aliphatic heterocycles. The van der Waals surface area contributed by atoms with Gasteiger partial charge < -0.3 is 10.1 Å². The maximum atomic E-state index is 12.6. The van der Waals surface area contributed by atoms with Crippen LogP contribution in [0.15, 0.2) is 41.3 Å². The minimum absolute atomic E-state index is 0.0676. The normalized spacial score (nSPS) is 11.5. The molecule has 0 unspecified atom stereocenters. The number of sulfonamides is 1. The molecule has 0 aliphatic carbocycles. The second-order valence-electron chi connectivity index (χ2n) is 6.41. The highest BCUT2D eigenvalue weighted by atomic mass is 32.2. The molecule has 0 aliphatic rings. The summed E-state index contributed by atoms with van der Waals surface area (Å²) in [5, 5.41) is 2.82. The molecule has 2 N–H and O–H groups in total. The van der Waals surface area contributed by atoms with E-state index in [1.807, 2.05) is 32.0 Å². The van der Waals surface area contributed by atoms with Crippen LogP contribution in [0, 0.1) is 13.8 Å². The molecule has 7 heteroatoms. The summed E-state index contributed by atoms with van der Waals surface area (Å²) in [6.07, 6.45) is 0. The molecule has 0 heterocycles. The van der Waals surface area contributed by atoms with E-state index in [1.165, 1.54) is 25.3 Å². The number of carbonyl (C=O) groups is 1. The van der Waals surface area contributed by atoms with Crippen molar-refractivity contribution in [3.05, 3.63) is 53.1 Å². The lowest BCUT2D eigenvalue weighted by atomic mass is 10.1. The lowest BCUT2D eigenvalue weighted by Crippen LogP contribution is -2.30. The molecule has 2 aromatic rings. The van der Waals surface area contributed by atoms with E-state index < -0.39 is 10.0 Å². The Morgan fingerprint density at radius 3 is 2.35 bits per heavy atom. The fourth-order valence-electron chi connectivity index (χ4n) is 2.55. The van der Waals surface area contributed by atoms with Crippen molar-refractivity contribution in [3.8, 4) is 5.75 Å². The van der Waals surface area contributed by atoms with Crippen molar-refractivity contribution in [2.75, 3.05) is 12.4 Å². The highest BCUT2D eigenvalue weighted by molar-refractivity contribution is 7.89. The summed E-state index contributed by atoms with van der Waals surface area (Å²) in [7, 11) is -2.41. The average molecular weight is 376 g/mol. The zero-order chi connectivity index (χ0) is 19.5. The molecule has 0 bridgehead atoms. The van der Waals surface area contributed by atoms with Gasteiger partial charge in [0.25, 0.3) is 5.91 Å². The van der Waals surface area contributed by atoms with Gasteiger partial charge in [0.15, 0.2) is 0 Å². The van der Waals surface area contributed by atoms with Crippen LogP contribution >= 0.6 is 0 Å². The monoisotopic (exact) mass is 376 g/mol. The molecule has 2 aromatic carbocycles. The number of amides is 1. The Morgan fingerprint density at radius 2 is 1.77 bits per heavy atom. The highest BCUT2D eigenvalue weighted by Gasteiger charge is 2.22. The van der Waals surface area contributed by atoms with E-state index in [1.54, 1.807) is 13.8 Å². The summed E-state index contributed by atoms with van der Waals surface area (Å²) in [6.45, 7) is 7.32. The summed E-state index contributed by atoms with van der Waals surface area (Å²) < 4.78 is 32.7. The van der Waals surface area contributed by atoms with Crippen LogP contribution in [0.4, 0.5) is 5.69 Å².